The van der Waals surface area contributed by atoms with Crippen LogP contribution < -0.4 is 18.9 Å². The summed E-state index contributed by atoms with van der Waals surface area (Å²) in [4.78, 5) is 7.86. The molecular weight excluding hydrogens is 1310 g/mol. The van der Waals surface area contributed by atoms with E-state index in [0.717, 1.165) is 75.1 Å². The van der Waals surface area contributed by atoms with Crippen molar-refractivity contribution in [1.29, 1.82) is 0 Å². The normalized spacial score (nSPS) is 12.2. The Hall–Kier alpha value is -5.52. The number of halogens is 8. The summed E-state index contributed by atoms with van der Waals surface area (Å²) in [5, 5.41) is -14.6. The maximum Gasteiger partial charge on any atom is 0.402 e. The van der Waals surface area contributed by atoms with Crippen LogP contribution in [0.4, 0.5) is 35.1 Å². The summed E-state index contributed by atoms with van der Waals surface area (Å²) in [6.45, 7) is 12.3. The molecule has 522 valence electrons. The summed E-state index contributed by atoms with van der Waals surface area (Å²) < 4.78 is 182. The molecule has 0 unspecified atom stereocenters. The first-order chi connectivity index (χ1) is 44.9. The molecule has 0 radical (unpaired) electrons. The molecule has 0 spiro atoms. The van der Waals surface area contributed by atoms with Crippen LogP contribution in [0, 0.1) is 0 Å². The van der Waals surface area contributed by atoms with Gasteiger partial charge in [-0.25, -0.2) is 16.8 Å². The summed E-state index contributed by atoms with van der Waals surface area (Å²) in [5.74, 6) is -11.5. The second-order valence-corrected chi connectivity index (χ2v) is 29.6. The van der Waals surface area contributed by atoms with E-state index in [4.69, 9.17) is 18.9 Å². The molecule has 0 atom stereocenters. The fourth-order valence-corrected chi connectivity index (χ4v) is 14.6. The highest BCUT2D eigenvalue weighted by Gasteiger charge is 2.84. The molecule has 0 amide bonds. The van der Waals surface area contributed by atoms with E-state index in [1.165, 1.54) is 158 Å². The molecule has 0 heterocycles. The molecular formula is C72H94F8O10S4. The number of ether oxygens (including phenoxy) is 4. The maximum atomic E-state index is 12.5. The number of hydrogen-bond acceptors (Lipinski definition) is 10. The predicted molar refractivity (Wildman–Crippen MR) is 358 cm³/mol. The third kappa shape index (κ3) is 26.1. The van der Waals surface area contributed by atoms with Gasteiger partial charge in [0.25, 0.3) is 0 Å². The van der Waals surface area contributed by atoms with E-state index < -0.39 is 42.6 Å². The summed E-state index contributed by atoms with van der Waals surface area (Å²) >= 11 is 0. The Morgan fingerprint density at radius 2 is 0.468 bits per heavy atom. The van der Waals surface area contributed by atoms with E-state index in [9.17, 15) is 61.1 Å². The molecule has 10 nitrogen and oxygen atoms in total. The highest BCUT2D eigenvalue weighted by Crippen LogP contribution is 2.55. The lowest BCUT2D eigenvalue weighted by Crippen LogP contribution is -2.66. The zero-order valence-corrected chi connectivity index (χ0v) is 57.8. The van der Waals surface area contributed by atoms with Gasteiger partial charge in [0.2, 0.25) is 0 Å². The van der Waals surface area contributed by atoms with Gasteiger partial charge in [-0.15, -0.1) is 0 Å². The van der Waals surface area contributed by atoms with Gasteiger partial charge in [0.1, 0.15) is 23.0 Å². The number of benzene rings is 6. The van der Waals surface area contributed by atoms with E-state index in [-0.39, 0.29) is 21.8 Å². The van der Waals surface area contributed by atoms with Gasteiger partial charge in [0, 0.05) is 0 Å². The zero-order valence-electron chi connectivity index (χ0n) is 54.5. The van der Waals surface area contributed by atoms with Crippen molar-refractivity contribution < 1.29 is 80.0 Å². The van der Waals surface area contributed by atoms with Gasteiger partial charge in [0.05, 0.1) is 48.2 Å². The van der Waals surface area contributed by atoms with Crippen LogP contribution in [0.5, 0.6) is 23.0 Å². The highest BCUT2D eigenvalue weighted by molar-refractivity contribution is 7.97. The van der Waals surface area contributed by atoms with Gasteiger partial charge >= 0.3 is 22.4 Å². The Balaban J connectivity index is 0.000000315. The number of alkyl halides is 8. The zero-order chi connectivity index (χ0) is 68.9. The summed E-state index contributed by atoms with van der Waals surface area (Å²) in [5.41, 5.74) is 0. The van der Waals surface area contributed by atoms with Crippen molar-refractivity contribution in [3.05, 3.63) is 158 Å². The van der Waals surface area contributed by atoms with Crippen molar-refractivity contribution in [2.75, 3.05) is 26.4 Å². The lowest BCUT2D eigenvalue weighted by Gasteiger charge is -2.37. The van der Waals surface area contributed by atoms with Crippen molar-refractivity contribution in [2.45, 2.75) is 234 Å². The Bertz CT molecular complexity index is 2870. The SMILES string of the molecule is CCCCCCCCOc1ccc([S+](c2ccccc2)c2ccc(OCCCCCCCC)cc2)cc1.CCCCCCCCOc1ccc([S+](c2ccccc2)c2ccc(OCCCCCCCC)cc2)cc1.O=S(=O)([O-])C(F)(F)C(F)(F)C(F)(F)C(F)(F)S(=O)(=O)[O-]. The molecule has 0 saturated heterocycles. The summed E-state index contributed by atoms with van der Waals surface area (Å²) in [7, 11) is -15.5. The van der Waals surface area contributed by atoms with Crippen molar-refractivity contribution >= 4 is 42.0 Å². The fourth-order valence-electron chi connectivity index (χ4n) is 9.59. The standard InChI is InChI=1S/2C34H47O2S.C4H2F8O6S2/c2*1-3-5-7-9-11-16-28-35-30-20-24-33(25-21-30)37(32-18-14-13-15-19-32)34-26-22-31(23-27-34)36-29-17-12-10-8-6-4-2;5-1(6,3(9,10)19(13,14)15)2(7,8)4(11,12)20(16,17)18/h2*13-15,18-27H,3-12,16-17,28-29H2,1-2H3;(H,13,14,15)(H,16,17,18)/q2*+1;/p-2. The molecule has 94 heavy (non-hydrogen) atoms. The molecule has 6 aromatic rings. The van der Waals surface area contributed by atoms with Gasteiger partial charge in [-0.05, 0) is 147 Å². The minimum atomic E-state index is -7.68. The second kappa shape index (κ2) is 42.2. The van der Waals surface area contributed by atoms with E-state index in [2.05, 4.69) is 185 Å². The fraction of sp³-hybridized carbons (Fsp3) is 0.500. The molecule has 0 aliphatic rings. The van der Waals surface area contributed by atoms with Crippen LogP contribution in [0.25, 0.3) is 0 Å². The second-order valence-electron chi connectivity index (χ2n) is 22.7. The van der Waals surface area contributed by atoms with Crippen LogP contribution in [-0.4, -0.2) is 74.7 Å². The van der Waals surface area contributed by atoms with Gasteiger partial charge in [0.15, 0.2) is 49.6 Å². The average Bonchev–Trinajstić information content (AvgIpc) is 0.716. The van der Waals surface area contributed by atoms with E-state index in [1.807, 2.05) is 0 Å². The molecule has 6 rings (SSSR count). The van der Waals surface area contributed by atoms with Crippen LogP contribution in [0.3, 0.4) is 0 Å². The predicted octanol–water partition coefficient (Wildman–Crippen LogP) is 21.1. The average molecular weight is 1400 g/mol. The van der Waals surface area contributed by atoms with Crippen LogP contribution in [0.2, 0.25) is 0 Å². The van der Waals surface area contributed by atoms with E-state index >= 15 is 0 Å². The van der Waals surface area contributed by atoms with Crippen molar-refractivity contribution in [3.8, 4) is 23.0 Å². The monoisotopic (exact) mass is 1400 g/mol. The quantitative estimate of drug-likeness (QED) is 0.0157. The number of rotatable bonds is 43. The molecule has 0 N–H and O–H groups in total. The number of hydrogen-bond donors (Lipinski definition) is 0. The van der Waals surface area contributed by atoms with Crippen LogP contribution in [-0.2, 0) is 42.0 Å². The van der Waals surface area contributed by atoms with Crippen LogP contribution in [0.1, 0.15) is 182 Å². The van der Waals surface area contributed by atoms with Crippen LogP contribution >= 0.6 is 0 Å². The first-order valence-electron chi connectivity index (χ1n) is 32.8. The molecule has 0 bridgehead atoms. The van der Waals surface area contributed by atoms with Crippen molar-refractivity contribution in [1.82, 2.24) is 0 Å². The first-order valence-corrected chi connectivity index (χ1v) is 38.1. The Morgan fingerprint density at radius 3 is 0.660 bits per heavy atom. The summed E-state index contributed by atoms with van der Waals surface area (Å²) in [6, 6.07) is 56.5. The van der Waals surface area contributed by atoms with E-state index in [0.29, 0.717) is 0 Å². The lowest BCUT2D eigenvalue weighted by molar-refractivity contribution is -0.327. The van der Waals surface area contributed by atoms with Gasteiger partial charge in [-0.1, -0.05) is 193 Å². The Kier molecular flexibility index (Phi) is 36.3. The van der Waals surface area contributed by atoms with Crippen molar-refractivity contribution in [2.24, 2.45) is 0 Å². The molecule has 0 aliphatic heterocycles. The maximum absolute atomic E-state index is 12.5. The van der Waals surface area contributed by atoms with E-state index in [1.54, 1.807) is 0 Å². The van der Waals surface area contributed by atoms with Gasteiger partial charge < -0.3 is 28.1 Å². The minimum absolute atomic E-state index is 0.167. The molecule has 22 heteroatoms. The summed E-state index contributed by atoms with van der Waals surface area (Å²) in [6.07, 6.45) is 30.8. The van der Waals surface area contributed by atoms with Crippen molar-refractivity contribution in [3.63, 3.8) is 0 Å². The number of unbranched alkanes of at least 4 members (excludes halogenated alkanes) is 20. The van der Waals surface area contributed by atoms with Gasteiger partial charge in [-0.2, -0.15) is 35.1 Å². The highest BCUT2D eigenvalue weighted by atomic mass is 32.2. The molecule has 0 aliphatic carbocycles. The Morgan fingerprint density at radius 1 is 0.287 bits per heavy atom. The first kappa shape index (κ1) is 80.9. The topological polar surface area (TPSA) is 151 Å². The smallest absolute Gasteiger partial charge is 0.402 e. The molecule has 0 aromatic heterocycles. The third-order valence-corrected chi connectivity index (χ3v) is 21.2. The third-order valence-electron chi connectivity index (χ3n) is 15.0. The molecule has 0 saturated carbocycles. The Labute approximate surface area is 559 Å². The molecule has 0 fully saturated rings. The van der Waals surface area contributed by atoms with Gasteiger partial charge in [-0.3, -0.25) is 0 Å². The van der Waals surface area contributed by atoms with Crippen LogP contribution in [0.15, 0.2) is 187 Å². The minimum Gasteiger partial charge on any atom is -0.743 e. The largest absolute Gasteiger partial charge is 0.743 e. The lowest BCUT2D eigenvalue weighted by atomic mass is 10.1. The molecule has 6 aromatic carbocycles.